The van der Waals surface area contributed by atoms with Crippen molar-refractivity contribution in [2.45, 2.75) is 64.5 Å². The first kappa shape index (κ1) is 42.9. The molecule has 4 aromatic rings. The van der Waals surface area contributed by atoms with Gasteiger partial charge < -0.3 is 40.7 Å². The Bertz CT molecular complexity index is 1970. The summed E-state index contributed by atoms with van der Waals surface area (Å²) in [6.07, 6.45) is 6.20. The van der Waals surface area contributed by atoms with Crippen molar-refractivity contribution in [1.82, 2.24) is 25.2 Å². The van der Waals surface area contributed by atoms with Crippen molar-refractivity contribution in [1.29, 1.82) is 0 Å². The Labute approximate surface area is 347 Å². The Morgan fingerprint density at radius 1 is 0.948 bits per heavy atom. The number of piperazine rings is 1. The third-order valence-corrected chi connectivity index (χ3v) is 11.2. The van der Waals surface area contributed by atoms with E-state index in [0.717, 1.165) is 75.4 Å². The van der Waals surface area contributed by atoms with Gasteiger partial charge in [0.15, 0.2) is 5.13 Å². The summed E-state index contributed by atoms with van der Waals surface area (Å²) in [7, 11) is 0. The molecule has 3 amide bonds. The number of nitrogens with zero attached hydrogens (tertiary/aromatic N) is 5. The van der Waals surface area contributed by atoms with E-state index in [4.69, 9.17) is 26.1 Å². The third-order valence-electron chi connectivity index (χ3n) is 10.0. The van der Waals surface area contributed by atoms with E-state index >= 15 is 0 Å². The molecule has 0 bridgehead atoms. The van der Waals surface area contributed by atoms with Gasteiger partial charge >= 0.3 is 0 Å². The first-order valence-corrected chi connectivity index (χ1v) is 21.0. The molecule has 15 nitrogen and oxygen atoms in total. The number of halogens is 1. The van der Waals surface area contributed by atoms with Crippen molar-refractivity contribution in [2.24, 2.45) is 0 Å². The molecular weight excluding hydrogens is 782 g/mol. The molecule has 2 aliphatic rings. The van der Waals surface area contributed by atoms with Gasteiger partial charge in [-0.15, -0.1) is 0 Å². The average Bonchev–Trinajstić information content (AvgIpc) is 3.67. The standard InChI is InChI=1S/C41H52ClN9O6S/c1-27-8-7-9-32(42)38(27)49-40(55)33-25-43-41(58-33)47-34-24-35(45-28(2)44-34)51-19-17-50(18-20-51)16-5-3-4-6-21-56-22-23-57-26-37(53)46-30-12-10-29(11-13-30)31-14-15-36(52)48-39(31)54/h7-13,24-25,31,36,52H,3-6,14-23,26H2,1-2H3,(H,46,53)(H,48,54)(H,49,55)(H,43,44,45,47). The smallest absolute Gasteiger partial charge is 0.267 e. The number of amides is 3. The van der Waals surface area contributed by atoms with Crippen LogP contribution in [0, 0.1) is 13.8 Å². The van der Waals surface area contributed by atoms with Crippen molar-refractivity contribution in [2.75, 3.05) is 80.0 Å². The number of rotatable bonds is 19. The predicted molar refractivity (Wildman–Crippen MR) is 226 cm³/mol. The van der Waals surface area contributed by atoms with E-state index in [1.807, 2.05) is 44.2 Å². The second-order valence-electron chi connectivity index (χ2n) is 14.4. The summed E-state index contributed by atoms with van der Waals surface area (Å²) in [5.74, 6) is 1.14. The van der Waals surface area contributed by atoms with E-state index in [1.165, 1.54) is 11.3 Å². The van der Waals surface area contributed by atoms with E-state index in [2.05, 4.69) is 41.0 Å². The SMILES string of the molecule is Cc1nc(Nc2ncc(C(=O)Nc3c(C)cccc3Cl)s2)cc(N2CCN(CCCCCCOCCOCC(=O)Nc3ccc(C4CCC(O)NC4=O)cc3)CC2)n1. The maximum absolute atomic E-state index is 12.9. The molecule has 0 radical (unpaired) electrons. The molecular formula is C41H52ClN9O6S. The van der Waals surface area contributed by atoms with Crippen molar-refractivity contribution >= 4 is 68.8 Å². The summed E-state index contributed by atoms with van der Waals surface area (Å²) in [6, 6.07) is 14.6. The van der Waals surface area contributed by atoms with E-state index < -0.39 is 6.23 Å². The van der Waals surface area contributed by atoms with Crippen LogP contribution in [0.1, 0.15) is 71.1 Å². The number of nitrogens with one attached hydrogen (secondary N) is 4. The summed E-state index contributed by atoms with van der Waals surface area (Å²) in [5.41, 5.74) is 2.96. The van der Waals surface area contributed by atoms with Gasteiger partial charge in [0.05, 0.1) is 36.0 Å². The highest BCUT2D eigenvalue weighted by Crippen LogP contribution is 2.29. The third kappa shape index (κ3) is 12.6. The van der Waals surface area contributed by atoms with Crippen LogP contribution in [0.3, 0.4) is 0 Å². The second kappa shape index (κ2) is 21.3. The van der Waals surface area contributed by atoms with E-state index in [9.17, 15) is 19.5 Å². The van der Waals surface area contributed by atoms with Gasteiger partial charge in [-0.25, -0.2) is 15.0 Å². The molecule has 0 aliphatic carbocycles. The van der Waals surface area contributed by atoms with Crippen LogP contribution in [0.5, 0.6) is 0 Å². The highest BCUT2D eigenvalue weighted by molar-refractivity contribution is 7.17. The number of anilines is 5. The zero-order valence-electron chi connectivity index (χ0n) is 33.0. The van der Waals surface area contributed by atoms with Crippen LogP contribution >= 0.6 is 22.9 Å². The lowest BCUT2D eigenvalue weighted by Gasteiger charge is -2.35. The first-order valence-electron chi connectivity index (χ1n) is 19.8. The van der Waals surface area contributed by atoms with Crippen molar-refractivity contribution in [3.8, 4) is 0 Å². The largest absolute Gasteiger partial charge is 0.379 e. The Kier molecular flexibility index (Phi) is 15.8. The van der Waals surface area contributed by atoms with E-state index in [-0.39, 0.29) is 30.2 Å². The summed E-state index contributed by atoms with van der Waals surface area (Å²) >= 11 is 7.53. The molecule has 2 fully saturated rings. The number of piperidine rings is 1. The number of aliphatic hydroxyl groups excluding tert-OH is 1. The number of unbranched alkanes of at least 4 members (excludes halogenated alkanes) is 3. The Morgan fingerprint density at radius 3 is 2.50 bits per heavy atom. The maximum Gasteiger partial charge on any atom is 0.267 e. The number of carbonyl (C=O) groups excluding carboxylic acids is 3. The molecule has 2 atom stereocenters. The van der Waals surface area contributed by atoms with Crippen molar-refractivity contribution in [3.63, 3.8) is 0 Å². The van der Waals surface area contributed by atoms with Gasteiger partial charge in [0.1, 0.15) is 35.2 Å². The molecule has 17 heteroatoms. The predicted octanol–water partition coefficient (Wildman–Crippen LogP) is 5.87. The molecule has 0 spiro atoms. The molecule has 2 saturated heterocycles. The molecule has 2 aromatic carbocycles. The number of thiazole rings is 1. The zero-order valence-corrected chi connectivity index (χ0v) is 34.5. The van der Waals surface area contributed by atoms with Gasteiger partial charge in [-0.3, -0.25) is 19.3 Å². The monoisotopic (exact) mass is 833 g/mol. The summed E-state index contributed by atoms with van der Waals surface area (Å²) in [5, 5.41) is 22.1. The van der Waals surface area contributed by atoms with Crippen LogP contribution in [-0.4, -0.2) is 108 Å². The Morgan fingerprint density at radius 2 is 1.72 bits per heavy atom. The highest BCUT2D eigenvalue weighted by atomic mass is 35.5. The molecule has 2 aliphatic heterocycles. The number of para-hydroxylation sites is 1. The van der Waals surface area contributed by atoms with Crippen LogP contribution in [0.4, 0.5) is 28.1 Å². The van der Waals surface area contributed by atoms with Crippen LogP contribution in [0.25, 0.3) is 0 Å². The summed E-state index contributed by atoms with van der Waals surface area (Å²) in [6.45, 7) is 9.86. The number of aromatic nitrogens is 3. The van der Waals surface area contributed by atoms with Gasteiger partial charge in [-0.1, -0.05) is 60.0 Å². The normalized spacial score (nSPS) is 17.2. The van der Waals surface area contributed by atoms with Gasteiger partial charge in [0.25, 0.3) is 5.91 Å². The summed E-state index contributed by atoms with van der Waals surface area (Å²) < 4.78 is 11.2. The Balaban J connectivity index is 0.793. The van der Waals surface area contributed by atoms with Gasteiger partial charge in [-0.05, 0) is 75.4 Å². The number of carbonyl (C=O) groups is 3. The number of hydrogen-bond acceptors (Lipinski definition) is 13. The highest BCUT2D eigenvalue weighted by Gasteiger charge is 2.28. The average molecular weight is 834 g/mol. The zero-order chi connectivity index (χ0) is 40.9. The second-order valence-corrected chi connectivity index (χ2v) is 15.9. The molecule has 2 unspecified atom stereocenters. The number of ether oxygens (including phenoxy) is 2. The molecule has 4 heterocycles. The van der Waals surface area contributed by atoms with Gasteiger partial charge in [-0.2, -0.15) is 0 Å². The first-order chi connectivity index (χ1) is 28.1. The van der Waals surface area contributed by atoms with Crippen molar-refractivity contribution < 1.29 is 29.0 Å². The van der Waals surface area contributed by atoms with Crippen LogP contribution in [0.15, 0.2) is 54.7 Å². The number of benzene rings is 2. The van der Waals surface area contributed by atoms with Crippen LogP contribution < -0.4 is 26.2 Å². The van der Waals surface area contributed by atoms with E-state index in [1.54, 1.807) is 24.4 Å². The molecule has 0 saturated carbocycles. The minimum Gasteiger partial charge on any atom is -0.379 e. The van der Waals surface area contributed by atoms with Crippen LogP contribution in [-0.2, 0) is 19.1 Å². The van der Waals surface area contributed by atoms with Crippen molar-refractivity contribution in [3.05, 3.63) is 81.6 Å². The summed E-state index contributed by atoms with van der Waals surface area (Å²) in [4.78, 5) is 56.2. The van der Waals surface area contributed by atoms with E-state index in [0.29, 0.717) is 70.7 Å². The lowest BCUT2D eigenvalue weighted by atomic mass is 9.90. The van der Waals surface area contributed by atoms with Gasteiger partial charge in [0.2, 0.25) is 11.8 Å². The fraction of sp³-hybridized carbons (Fsp3) is 0.463. The number of hydrogen-bond donors (Lipinski definition) is 5. The number of aliphatic hydroxyl groups is 1. The fourth-order valence-electron chi connectivity index (χ4n) is 6.87. The molecule has 2 aromatic heterocycles. The lowest BCUT2D eigenvalue weighted by Crippen LogP contribution is -2.47. The molecule has 58 heavy (non-hydrogen) atoms. The maximum atomic E-state index is 12.9. The quantitative estimate of drug-likeness (QED) is 0.0711. The Hall–Kier alpha value is -4.71. The molecule has 5 N–H and O–H groups in total. The minimum absolute atomic E-state index is 0.0670. The topological polar surface area (TPSA) is 183 Å². The lowest BCUT2D eigenvalue weighted by molar-refractivity contribution is -0.128. The number of aryl methyl sites for hydroxylation is 2. The minimum atomic E-state index is -0.782. The molecule has 310 valence electrons. The molecule has 6 rings (SSSR count). The fourth-order valence-corrected chi connectivity index (χ4v) is 7.86. The van der Waals surface area contributed by atoms with Gasteiger partial charge in [0, 0.05) is 44.5 Å². The van der Waals surface area contributed by atoms with Crippen LogP contribution in [0.2, 0.25) is 5.02 Å².